The summed E-state index contributed by atoms with van der Waals surface area (Å²) >= 11 is 0. The van der Waals surface area contributed by atoms with Crippen LogP contribution in [0.5, 0.6) is 0 Å². The fraction of sp³-hybridized carbons (Fsp3) is 0.391. The van der Waals surface area contributed by atoms with Gasteiger partial charge in [-0.15, -0.1) is 0 Å². The molecule has 1 aromatic carbocycles. The molecule has 0 bridgehead atoms. The summed E-state index contributed by atoms with van der Waals surface area (Å²) in [5, 5.41) is 19.8. The second kappa shape index (κ2) is 9.90. The lowest BCUT2D eigenvalue weighted by Crippen LogP contribution is -2.49. The zero-order valence-corrected chi connectivity index (χ0v) is 19.0. The van der Waals surface area contributed by atoms with Gasteiger partial charge in [0.25, 0.3) is 0 Å². The number of nitrogens with one attached hydrogen (secondary N) is 1. The summed E-state index contributed by atoms with van der Waals surface area (Å²) in [7, 11) is 0. The van der Waals surface area contributed by atoms with Crippen molar-refractivity contribution in [3.8, 4) is 11.1 Å². The van der Waals surface area contributed by atoms with E-state index in [-0.39, 0.29) is 12.1 Å². The predicted molar refractivity (Wildman–Crippen MR) is 120 cm³/mol. The van der Waals surface area contributed by atoms with Gasteiger partial charge in [-0.1, -0.05) is 24.3 Å². The van der Waals surface area contributed by atoms with Crippen molar-refractivity contribution in [2.45, 2.75) is 31.5 Å². The van der Waals surface area contributed by atoms with Crippen molar-refractivity contribution in [2.75, 3.05) is 31.1 Å². The highest BCUT2D eigenvalue weighted by molar-refractivity contribution is 5.94. The molecule has 2 saturated heterocycles. The summed E-state index contributed by atoms with van der Waals surface area (Å²) < 4.78 is 31.7. The minimum Gasteiger partial charge on any atom is -0.481 e. The van der Waals surface area contributed by atoms with Gasteiger partial charge in [0.15, 0.2) is 0 Å². The Morgan fingerprint density at radius 3 is 2.11 bits per heavy atom. The Balaban J connectivity index is 0.000000429. The topological polar surface area (TPSA) is 123 Å². The number of aliphatic carboxylic acids is 2. The van der Waals surface area contributed by atoms with E-state index in [0.717, 1.165) is 36.3 Å². The van der Waals surface area contributed by atoms with Crippen molar-refractivity contribution < 1.29 is 37.8 Å². The van der Waals surface area contributed by atoms with Gasteiger partial charge < -0.3 is 20.4 Å². The van der Waals surface area contributed by atoms with E-state index in [1.165, 1.54) is 0 Å². The number of fused-ring (bicyclic) bond motifs is 1. The number of aromatic nitrogens is 1. The first-order chi connectivity index (χ1) is 16.3. The van der Waals surface area contributed by atoms with Gasteiger partial charge in [-0.3, -0.25) is 9.69 Å². The van der Waals surface area contributed by atoms with Crippen molar-refractivity contribution in [1.29, 1.82) is 0 Å². The lowest BCUT2D eigenvalue weighted by Gasteiger charge is -2.28. The van der Waals surface area contributed by atoms with E-state index >= 15 is 0 Å². The zero-order valence-electron chi connectivity index (χ0n) is 19.0. The van der Waals surface area contributed by atoms with Crippen LogP contribution in [0.25, 0.3) is 11.1 Å². The predicted octanol–water partition coefficient (Wildman–Crippen LogP) is 2.96. The molecule has 35 heavy (non-hydrogen) atoms. The summed E-state index contributed by atoms with van der Waals surface area (Å²) in [4.78, 5) is 41.1. The molecular formula is C23H25F3N4O5. The number of halogens is 3. The first kappa shape index (κ1) is 25.9. The maximum atomic E-state index is 12.6. The van der Waals surface area contributed by atoms with Crippen molar-refractivity contribution >= 4 is 23.8 Å². The summed E-state index contributed by atoms with van der Waals surface area (Å²) in [6.45, 7) is 6.42. The summed E-state index contributed by atoms with van der Waals surface area (Å²) in [6, 6.07) is 11.5. The van der Waals surface area contributed by atoms with Crippen LogP contribution in [-0.2, 0) is 15.0 Å². The second-order valence-electron chi connectivity index (χ2n) is 8.66. The highest BCUT2D eigenvalue weighted by Crippen LogP contribution is 2.28. The molecule has 2 fully saturated rings. The Labute approximate surface area is 199 Å². The fourth-order valence-electron chi connectivity index (χ4n) is 3.73. The van der Waals surface area contributed by atoms with Crippen LogP contribution in [0.3, 0.4) is 0 Å². The fourth-order valence-corrected chi connectivity index (χ4v) is 3.73. The average Bonchev–Trinajstić information content (AvgIpc) is 3.15. The Kier molecular flexibility index (Phi) is 7.34. The van der Waals surface area contributed by atoms with Crippen molar-refractivity contribution in [1.82, 2.24) is 15.2 Å². The summed E-state index contributed by atoms with van der Waals surface area (Å²) in [5.74, 6) is -2.95. The number of piperazine rings is 1. The van der Waals surface area contributed by atoms with Gasteiger partial charge in [0, 0.05) is 31.4 Å². The number of anilines is 1. The number of alkyl halides is 3. The van der Waals surface area contributed by atoms with E-state index in [1.807, 2.05) is 41.3 Å². The zero-order chi connectivity index (χ0) is 26.0. The van der Waals surface area contributed by atoms with E-state index in [2.05, 4.69) is 10.3 Å². The second-order valence-corrected chi connectivity index (χ2v) is 8.66. The van der Waals surface area contributed by atoms with Crippen LogP contribution in [0.15, 0.2) is 42.6 Å². The number of carbonyl (C=O) groups excluding carboxylic acids is 1. The molecule has 1 aromatic heterocycles. The number of rotatable bonds is 4. The van der Waals surface area contributed by atoms with E-state index in [9.17, 15) is 27.9 Å². The minimum atomic E-state index is -5.08. The van der Waals surface area contributed by atoms with Gasteiger partial charge in [-0.2, -0.15) is 13.2 Å². The Morgan fingerprint density at radius 2 is 1.63 bits per heavy atom. The van der Waals surface area contributed by atoms with Crippen LogP contribution in [0.2, 0.25) is 0 Å². The molecule has 0 saturated carbocycles. The summed E-state index contributed by atoms with van der Waals surface area (Å²) in [6.07, 6.45) is -3.32. The smallest absolute Gasteiger partial charge is 0.481 e. The van der Waals surface area contributed by atoms with E-state index in [0.29, 0.717) is 12.4 Å². The molecule has 4 rings (SSSR count). The molecule has 0 spiro atoms. The lowest BCUT2D eigenvalue weighted by atomic mass is 9.84. The number of amides is 2. The monoisotopic (exact) mass is 494 g/mol. The van der Waals surface area contributed by atoms with Crippen LogP contribution in [0.1, 0.15) is 19.4 Å². The SMILES string of the molecule is CC(C)(C(=O)O)c1ccc(-c2ccc(N3C[C@@H]4CNCCN4C3=O)nc2)cc1.O=C(O)C(F)(F)F. The van der Waals surface area contributed by atoms with E-state index in [4.69, 9.17) is 9.90 Å². The first-order valence-corrected chi connectivity index (χ1v) is 10.7. The third-order valence-electron chi connectivity index (χ3n) is 5.96. The largest absolute Gasteiger partial charge is 0.490 e. The van der Waals surface area contributed by atoms with Crippen LogP contribution in [0.4, 0.5) is 23.8 Å². The molecule has 1 atom stereocenters. The number of carbonyl (C=O) groups is 3. The van der Waals surface area contributed by atoms with Gasteiger partial charge in [-0.25, -0.2) is 14.6 Å². The molecule has 2 aliphatic heterocycles. The highest BCUT2D eigenvalue weighted by atomic mass is 19.4. The molecule has 0 radical (unpaired) electrons. The Morgan fingerprint density at radius 1 is 1.03 bits per heavy atom. The standard InChI is InChI=1S/C21H24N4O3.C2HF3O2/c1-21(2,19(26)27)16-6-3-14(4-7-16)15-5-8-18(23-11-15)25-13-17-12-22-9-10-24(17)20(25)28;3-2(4,5)1(6)7/h3-8,11,17,22H,9-10,12-13H2,1-2H3,(H,26,27);(H,6,7)/t17-;/m0./s1. The lowest BCUT2D eigenvalue weighted by molar-refractivity contribution is -0.192. The van der Waals surface area contributed by atoms with Crippen LogP contribution in [0, 0.1) is 0 Å². The van der Waals surface area contributed by atoms with Gasteiger partial charge in [-0.05, 0) is 37.1 Å². The van der Waals surface area contributed by atoms with Crippen molar-refractivity contribution in [2.24, 2.45) is 0 Å². The molecule has 12 heteroatoms. The van der Waals surface area contributed by atoms with Gasteiger partial charge in [0.1, 0.15) is 5.82 Å². The quantitative estimate of drug-likeness (QED) is 0.597. The van der Waals surface area contributed by atoms with E-state index in [1.54, 1.807) is 24.9 Å². The first-order valence-electron chi connectivity index (χ1n) is 10.7. The van der Waals surface area contributed by atoms with Gasteiger partial charge >= 0.3 is 24.1 Å². The van der Waals surface area contributed by atoms with Crippen LogP contribution >= 0.6 is 0 Å². The highest BCUT2D eigenvalue weighted by Gasteiger charge is 2.40. The van der Waals surface area contributed by atoms with E-state index < -0.39 is 23.5 Å². The number of benzene rings is 1. The molecule has 188 valence electrons. The minimum absolute atomic E-state index is 0.0204. The molecule has 2 amide bonds. The van der Waals surface area contributed by atoms with Crippen LogP contribution in [-0.4, -0.2) is 76.5 Å². The maximum absolute atomic E-state index is 12.6. The number of hydrogen-bond acceptors (Lipinski definition) is 5. The number of hydrogen-bond donors (Lipinski definition) is 3. The van der Waals surface area contributed by atoms with Crippen molar-refractivity contribution in [3.05, 3.63) is 48.2 Å². The van der Waals surface area contributed by atoms with Crippen molar-refractivity contribution in [3.63, 3.8) is 0 Å². The number of nitrogens with zero attached hydrogens (tertiary/aromatic N) is 3. The van der Waals surface area contributed by atoms with Crippen LogP contribution < -0.4 is 10.2 Å². The number of carboxylic acids is 2. The number of pyridine rings is 1. The van der Waals surface area contributed by atoms with Gasteiger partial charge in [0.05, 0.1) is 18.0 Å². The molecule has 9 nitrogen and oxygen atoms in total. The Bertz CT molecular complexity index is 1090. The summed E-state index contributed by atoms with van der Waals surface area (Å²) in [5.41, 5.74) is 1.70. The third kappa shape index (κ3) is 5.70. The maximum Gasteiger partial charge on any atom is 0.490 e. The molecule has 2 aromatic rings. The number of urea groups is 1. The molecule has 3 N–H and O–H groups in total. The molecule has 0 unspecified atom stereocenters. The molecule has 0 aliphatic carbocycles. The molecular weight excluding hydrogens is 469 g/mol. The van der Waals surface area contributed by atoms with Gasteiger partial charge in [0.2, 0.25) is 0 Å². The molecule has 2 aliphatic rings. The Hall–Kier alpha value is -3.67. The molecule has 3 heterocycles. The average molecular weight is 494 g/mol. The number of carboxylic acid groups (broad SMARTS) is 2. The third-order valence-corrected chi connectivity index (χ3v) is 5.96. The normalized spacial score (nSPS) is 18.0.